The average Bonchev–Trinajstić information content (AvgIpc) is 3.05. The Morgan fingerprint density at radius 3 is 2.23 bits per heavy atom. The monoisotopic (exact) mass is 646 g/mol. The number of hydrazone groups is 1. The van der Waals surface area contributed by atoms with Crippen LogP contribution >= 0.6 is 0 Å². The average molecular weight is 647 g/mol. The maximum Gasteiger partial charge on any atom is 0.428 e. The van der Waals surface area contributed by atoms with Gasteiger partial charge in [-0.15, -0.1) is 0 Å². The molecule has 0 bridgehead atoms. The van der Waals surface area contributed by atoms with Gasteiger partial charge in [0.2, 0.25) is 5.91 Å². The highest BCUT2D eigenvalue weighted by Gasteiger charge is 2.31. The van der Waals surface area contributed by atoms with Gasteiger partial charge in [0.25, 0.3) is 5.91 Å². The van der Waals surface area contributed by atoms with Gasteiger partial charge in [0.15, 0.2) is 0 Å². The van der Waals surface area contributed by atoms with E-state index in [4.69, 9.17) is 9.47 Å². The minimum Gasteiger partial charge on any atom is -0.469 e. The van der Waals surface area contributed by atoms with Crippen LogP contribution in [0.4, 0.5) is 15.3 Å². The summed E-state index contributed by atoms with van der Waals surface area (Å²) in [5, 5.41) is 9.30. The van der Waals surface area contributed by atoms with Gasteiger partial charge < -0.3 is 24.8 Å². The molecule has 4 N–H and O–H groups in total. The first-order valence-corrected chi connectivity index (χ1v) is 14.1. The molecule has 0 heterocycles. The molecule has 47 heavy (non-hydrogen) atoms. The van der Waals surface area contributed by atoms with Crippen LogP contribution in [0.25, 0.3) is 0 Å². The zero-order valence-electron chi connectivity index (χ0n) is 25.9. The first kappa shape index (κ1) is 35.2. The van der Waals surface area contributed by atoms with Gasteiger partial charge in [-0.2, -0.15) is 5.10 Å². The number of methoxy groups -OCH3 is 1. The molecule has 1 atom stereocenters. The number of hydrazine groups is 1. The second kappa shape index (κ2) is 17.9. The fourth-order valence-corrected chi connectivity index (χ4v) is 3.86. The number of carbonyl (C=O) groups excluding carboxylic acids is 6. The van der Waals surface area contributed by atoms with E-state index < -0.39 is 54.9 Å². The molecule has 3 aromatic carbocycles. The highest BCUT2D eigenvalue weighted by Crippen LogP contribution is 2.16. The Kier molecular flexibility index (Phi) is 13.4. The number of hydrogen-bond acceptors (Lipinski definition) is 10. The van der Waals surface area contributed by atoms with E-state index in [1.807, 2.05) is 30.3 Å². The van der Waals surface area contributed by atoms with Gasteiger partial charge >= 0.3 is 24.1 Å². The third-order valence-corrected chi connectivity index (χ3v) is 6.13. The predicted molar refractivity (Wildman–Crippen MR) is 169 cm³/mol. The number of urea groups is 1. The number of carbonyl (C=O) groups is 6. The molecule has 0 saturated carbocycles. The molecule has 0 saturated heterocycles. The zero-order chi connectivity index (χ0) is 34.2. The Morgan fingerprint density at radius 2 is 1.57 bits per heavy atom. The molecule has 3 rings (SSSR count). The van der Waals surface area contributed by atoms with E-state index in [2.05, 4.69) is 31.3 Å². The molecule has 0 spiro atoms. The van der Waals surface area contributed by atoms with E-state index in [1.165, 1.54) is 18.3 Å². The molecule has 246 valence electrons. The van der Waals surface area contributed by atoms with Crippen molar-refractivity contribution in [1.82, 2.24) is 21.2 Å². The van der Waals surface area contributed by atoms with E-state index in [1.54, 1.807) is 43.3 Å². The van der Waals surface area contributed by atoms with E-state index in [0.717, 1.165) is 19.6 Å². The Bertz CT molecular complexity index is 1600. The van der Waals surface area contributed by atoms with Crippen LogP contribution in [0.3, 0.4) is 0 Å². The van der Waals surface area contributed by atoms with Crippen LogP contribution < -0.4 is 26.2 Å². The number of amides is 5. The molecule has 5 amide bonds. The van der Waals surface area contributed by atoms with Crippen molar-refractivity contribution in [3.8, 4) is 5.75 Å². The summed E-state index contributed by atoms with van der Waals surface area (Å²) in [5.41, 5.74) is 6.85. The van der Waals surface area contributed by atoms with E-state index >= 15 is 0 Å². The molecule has 15 nitrogen and oxygen atoms in total. The van der Waals surface area contributed by atoms with Crippen LogP contribution in [0.1, 0.15) is 30.0 Å². The van der Waals surface area contributed by atoms with Gasteiger partial charge in [-0.3, -0.25) is 14.4 Å². The fraction of sp³-hybridized carbons (Fsp3) is 0.219. The number of anilines is 1. The maximum absolute atomic E-state index is 13.4. The topological polar surface area (TPSA) is 194 Å². The van der Waals surface area contributed by atoms with Crippen LogP contribution in [-0.4, -0.2) is 66.8 Å². The lowest BCUT2D eigenvalue weighted by Gasteiger charge is -2.27. The second-order valence-corrected chi connectivity index (χ2v) is 9.82. The molecule has 0 aromatic heterocycles. The Hall–Kier alpha value is -6.25. The first-order valence-electron chi connectivity index (χ1n) is 14.1. The standard InChI is InChI=1S/C32H34N6O9/c1-21-9-7-8-12-27(21)47-29(41)19-38(30(42)26(34-22(2)39)17-28(40)45-3)37-31(43)35-25-15-13-23(14-16-25)18-33-36-32(44)46-20-24-10-5-4-6-11-24/h4-16,18,26H,17,19-20H2,1-3H3,(H,34,39)(H,36,44)(H2,35,37,43)/t26-/m0/s1. The minimum atomic E-state index is -1.46. The zero-order valence-corrected chi connectivity index (χ0v) is 25.9. The summed E-state index contributed by atoms with van der Waals surface area (Å²) >= 11 is 0. The van der Waals surface area contributed by atoms with Crippen LogP contribution in [0.5, 0.6) is 5.75 Å². The molecular weight excluding hydrogens is 612 g/mol. The highest BCUT2D eigenvalue weighted by atomic mass is 16.6. The smallest absolute Gasteiger partial charge is 0.428 e. The molecule has 0 radical (unpaired) electrons. The van der Waals surface area contributed by atoms with Crippen molar-refractivity contribution in [1.29, 1.82) is 0 Å². The number of aryl methyl sites for hydroxylation is 1. The SMILES string of the molecule is COC(=O)C[C@H](NC(C)=O)C(=O)N(CC(=O)Oc1ccccc1C)NC(=O)Nc1ccc(C=NNC(=O)OCc2ccccc2)cc1. The van der Waals surface area contributed by atoms with Crippen molar-refractivity contribution in [3.05, 3.63) is 95.6 Å². The second-order valence-electron chi connectivity index (χ2n) is 9.82. The third kappa shape index (κ3) is 12.3. The van der Waals surface area contributed by atoms with Crippen molar-refractivity contribution in [3.63, 3.8) is 0 Å². The number of esters is 2. The van der Waals surface area contributed by atoms with Gasteiger partial charge in [-0.25, -0.2) is 30.2 Å². The lowest BCUT2D eigenvalue weighted by Crippen LogP contribution is -2.57. The molecule has 0 aliphatic rings. The lowest BCUT2D eigenvalue weighted by molar-refractivity contribution is -0.149. The van der Waals surface area contributed by atoms with Crippen LogP contribution in [-0.2, 0) is 35.3 Å². The normalized spacial score (nSPS) is 11.0. The Labute approximate surface area is 270 Å². The van der Waals surface area contributed by atoms with E-state index in [0.29, 0.717) is 16.1 Å². The van der Waals surface area contributed by atoms with Crippen molar-refractivity contribution < 1.29 is 43.0 Å². The summed E-state index contributed by atoms with van der Waals surface area (Å²) < 4.78 is 15.0. The summed E-state index contributed by atoms with van der Waals surface area (Å²) in [7, 11) is 1.11. The summed E-state index contributed by atoms with van der Waals surface area (Å²) in [6, 6.07) is 19.6. The van der Waals surface area contributed by atoms with Gasteiger partial charge in [0.1, 0.15) is 24.9 Å². The van der Waals surface area contributed by atoms with Gasteiger partial charge in [-0.05, 0) is 41.8 Å². The number of hydrogen-bond donors (Lipinski definition) is 4. The van der Waals surface area contributed by atoms with Gasteiger partial charge in [0, 0.05) is 12.6 Å². The van der Waals surface area contributed by atoms with Crippen molar-refractivity contribution in [2.75, 3.05) is 19.0 Å². The van der Waals surface area contributed by atoms with Crippen molar-refractivity contribution in [2.24, 2.45) is 5.10 Å². The molecule has 0 aliphatic heterocycles. The summed E-state index contributed by atoms with van der Waals surface area (Å²) in [6.45, 7) is 2.17. The number of benzene rings is 3. The van der Waals surface area contributed by atoms with E-state index in [-0.39, 0.29) is 18.0 Å². The number of nitrogens with zero attached hydrogens (tertiary/aromatic N) is 2. The maximum atomic E-state index is 13.4. The van der Waals surface area contributed by atoms with Gasteiger partial charge in [0.05, 0.1) is 19.7 Å². The molecule has 15 heteroatoms. The fourth-order valence-electron chi connectivity index (χ4n) is 3.86. The highest BCUT2D eigenvalue weighted by molar-refractivity contribution is 5.96. The minimum absolute atomic E-state index is 0.0840. The van der Waals surface area contributed by atoms with Gasteiger partial charge in [-0.1, -0.05) is 60.7 Å². The molecular formula is C32H34N6O9. The molecule has 0 aliphatic carbocycles. The number of nitrogens with one attached hydrogen (secondary N) is 4. The van der Waals surface area contributed by atoms with Crippen LogP contribution in [0.2, 0.25) is 0 Å². The summed E-state index contributed by atoms with van der Waals surface area (Å²) in [4.78, 5) is 74.6. The van der Waals surface area contributed by atoms with Crippen molar-refractivity contribution in [2.45, 2.75) is 32.9 Å². The number of para-hydroxylation sites is 1. The quantitative estimate of drug-likeness (QED) is 0.0991. The van der Waals surface area contributed by atoms with Crippen LogP contribution in [0, 0.1) is 6.92 Å². The molecule has 0 fully saturated rings. The first-order chi connectivity index (χ1) is 22.5. The predicted octanol–water partition coefficient (Wildman–Crippen LogP) is 2.79. The Morgan fingerprint density at radius 1 is 0.894 bits per heavy atom. The molecule has 0 unspecified atom stereocenters. The Balaban J connectivity index is 1.63. The third-order valence-electron chi connectivity index (χ3n) is 6.13. The summed E-state index contributed by atoms with van der Waals surface area (Å²) in [5.74, 6) is -3.10. The molecule has 3 aromatic rings. The summed E-state index contributed by atoms with van der Waals surface area (Å²) in [6.07, 6.45) is 0.0520. The number of ether oxygens (including phenoxy) is 3. The van der Waals surface area contributed by atoms with E-state index in [9.17, 15) is 28.8 Å². The largest absolute Gasteiger partial charge is 0.469 e. The lowest BCUT2D eigenvalue weighted by atomic mass is 10.2. The van der Waals surface area contributed by atoms with Crippen molar-refractivity contribution >= 4 is 47.8 Å². The van der Waals surface area contributed by atoms with Crippen LogP contribution in [0.15, 0.2) is 84.0 Å². The number of rotatable bonds is 12.